The van der Waals surface area contributed by atoms with Crippen LogP contribution < -0.4 is 0 Å². The fourth-order valence-electron chi connectivity index (χ4n) is 3.74. The van der Waals surface area contributed by atoms with Gasteiger partial charge >= 0.3 is 0 Å². The molecule has 0 radical (unpaired) electrons. The fourth-order valence-corrected chi connectivity index (χ4v) is 7.06. The molecule has 0 atom stereocenters. The fraction of sp³-hybridized carbons (Fsp3) is 0.389. The summed E-state index contributed by atoms with van der Waals surface area (Å²) in [4.78, 5) is 14.5. The molecule has 1 amide bonds. The highest BCUT2D eigenvalue weighted by Gasteiger charge is 2.51. The van der Waals surface area contributed by atoms with Crippen molar-refractivity contribution in [3.63, 3.8) is 0 Å². The maximum absolute atomic E-state index is 13.0. The van der Waals surface area contributed by atoms with Crippen molar-refractivity contribution in [2.24, 2.45) is 0 Å². The number of carbonyl (C=O) groups is 1. The zero-order valence-corrected chi connectivity index (χ0v) is 18.0. The zero-order valence-electron chi connectivity index (χ0n) is 14.8. The SMILES string of the molecule is O=C(c1ccc(Cl)cc1Cl)N1CCC2(CC1)OCCN2S(=O)(=O)c1cccs1. The van der Waals surface area contributed by atoms with E-state index in [4.69, 9.17) is 27.9 Å². The second-order valence-electron chi connectivity index (χ2n) is 6.72. The Hall–Kier alpha value is -1.16. The number of ether oxygens (including phenoxy) is 1. The maximum Gasteiger partial charge on any atom is 0.255 e. The van der Waals surface area contributed by atoms with Gasteiger partial charge < -0.3 is 9.64 Å². The average molecular weight is 461 g/mol. The molecule has 150 valence electrons. The third-order valence-electron chi connectivity index (χ3n) is 5.15. The van der Waals surface area contributed by atoms with Crippen LogP contribution in [0.3, 0.4) is 0 Å². The van der Waals surface area contributed by atoms with E-state index in [-0.39, 0.29) is 5.91 Å². The lowest BCUT2D eigenvalue weighted by molar-refractivity contribution is -0.0856. The van der Waals surface area contributed by atoms with E-state index in [0.29, 0.717) is 58.9 Å². The average Bonchev–Trinajstić information content (AvgIpc) is 3.33. The Morgan fingerprint density at radius 2 is 1.89 bits per heavy atom. The van der Waals surface area contributed by atoms with Crippen LogP contribution in [0.1, 0.15) is 23.2 Å². The molecule has 6 nitrogen and oxygen atoms in total. The molecule has 0 unspecified atom stereocenters. The highest BCUT2D eigenvalue weighted by molar-refractivity contribution is 7.91. The van der Waals surface area contributed by atoms with Crippen molar-refractivity contribution >= 4 is 50.5 Å². The van der Waals surface area contributed by atoms with Gasteiger partial charge in [-0.3, -0.25) is 4.79 Å². The van der Waals surface area contributed by atoms with Crippen LogP contribution in [-0.4, -0.2) is 55.5 Å². The van der Waals surface area contributed by atoms with E-state index in [2.05, 4.69) is 0 Å². The first kappa shape index (κ1) is 20.1. The van der Waals surface area contributed by atoms with E-state index in [1.54, 1.807) is 34.5 Å². The van der Waals surface area contributed by atoms with Crippen molar-refractivity contribution in [1.29, 1.82) is 0 Å². The van der Waals surface area contributed by atoms with E-state index >= 15 is 0 Å². The summed E-state index contributed by atoms with van der Waals surface area (Å²) in [6.07, 6.45) is 0.823. The molecular weight excluding hydrogens is 443 g/mol. The van der Waals surface area contributed by atoms with Gasteiger partial charge in [-0.15, -0.1) is 11.3 Å². The normalized spacial score (nSPS) is 20.0. The van der Waals surface area contributed by atoms with E-state index < -0.39 is 15.7 Å². The molecule has 1 aromatic heterocycles. The molecule has 4 rings (SSSR count). The van der Waals surface area contributed by atoms with Crippen LogP contribution >= 0.6 is 34.5 Å². The van der Waals surface area contributed by atoms with Crippen molar-refractivity contribution in [2.45, 2.75) is 22.8 Å². The number of amides is 1. The second kappa shape index (κ2) is 7.59. The summed E-state index contributed by atoms with van der Waals surface area (Å²) in [6.45, 7) is 1.43. The molecule has 2 aliphatic heterocycles. The second-order valence-corrected chi connectivity index (χ2v) is 10.6. The van der Waals surface area contributed by atoms with Crippen LogP contribution in [0.25, 0.3) is 0 Å². The molecule has 28 heavy (non-hydrogen) atoms. The number of piperidine rings is 1. The van der Waals surface area contributed by atoms with Gasteiger partial charge in [-0.25, -0.2) is 8.42 Å². The van der Waals surface area contributed by atoms with Crippen molar-refractivity contribution in [3.8, 4) is 0 Å². The van der Waals surface area contributed by atoms with Crippen molar-refractivity contribution in [2.75, 3.05) is 26.2 Å². The number of likely N-dealkylation sites (tertiary alicyclic amines) is 1. The Morgan fingerprint density at radius 1 is 1.14 bits per heavy atom. The number of halogens is 2. The predicted molar refractivity (Wildman–Crippen MR) is 108 cm³/mol. The van der Waals surface area contributed by atoms with Gasteiger partial charge in [0.05, 0.1) is 17.2 Å². The summed E-state index contributed by atoms with van der Waals surface area (Å²) in [5, 5.41) is 2.51. The molecule has 10 heteroatoms. The maximum atomic E-state index is 13.0. The van der Waals surface area contributed by atoms with Crippen LogP contribution in [0.4, 0.5) is 0 Å². The number of benzene rings is 1. The third kappa shape index (κ3) is 3.46. The smallest absolute Gasteiger partial charge is 0.255 e. The Morgan fingerprint density at radius 3 is 2.54 bits per heavy atom. The van der Waals surface area contributed by atoms with Crippen LogP contribution in [0, 0.1) is 0 Å². The molecule has 0 N–H and O–H groups in total. The molecule has 2 saturated heterocycles. The molecule has 0 aliphatic carbocycles. The van der Waals surface area contributed by atoms with Gasteiger partial charge in [0.2, 0.25) is 0 Å². The highest BCUT2D eigenvalue weighted by Crippen LogP contribution is 2.39. The first-order valence-electron chi connectivity index (χ1n) is 8.78. The zero-order chi connectivity index (χ0) is 19.9. The molecule has 0 bridgehead atoms. The van der Waals surface area contributed by atoms with Gasteiger partial charge in [0.1, 0.15) is 9.93 Å². The molecule has 0 saturated carbocycles. The highest BCUT2D eigenvalue weighted by atomic mass is 35.5. The van der Waals surface area contributed by atoms with Gasteiger partial charge in [-0.2, -0.15) is 4.31 Å². The van der Waals surface area contributed by atoms with E-state index in [1.807, 2.05) is 0 Å². The van der Waals surface area contributed by atoms with E-state index in [9.17, 15) is 13.2 Å². The topological polar surface area (TPSA) is 66.9 Å². The monoisotopic (exact) mass is 460 g/mol. The Balaban J connectivity index is 1.52. The van der Waals surface area contributed by atoms with Crippen molar-refractivity contribution < 1.29 is 17.9 Å². The van der Waals surface area contributed by atoms with Crippen molar-refractivity contribution in [1.82, 2.24) is 9.21 Å². The number of hydrogen-bond acceptors (Lipinski definition) is 5. The summed E-state index contributed by atoms with van der Waals surface area (Å²) >= 11 is 13.3. The molecule has 1 spiro atoms. The number of hydrogen-bond donors (Lipinski definition) is 0. The molecule has 2 aliphatic rings. The van der Waals surface area contributed by atoms with Gasteiger partial charge in [0.25, 0.3) is 15.9 Å². The minimum atomic E-state index is -3.62. The van der Waals surface area contributed by atoms with Crippen LogP contribution in [-0.2, 0) is 14.8 Å². The minimum Gasteiger partial charge on any atom is -0.358 e. The summed E-state index contributed by atoms with van der Waals surface area (Å²) in [6, 6.07) is 8.10. The lowest BCUT2D eigenvalue weighted by atomic mass is 10.00. The van der Waals surface area contributed by atoms with E-state index in [1.165, 1.54) is 21.7 Å². The van der Waals surface area contributed by atoms with Gasteiger partial charge in [-0.1, -0.05) is 29.3 Å². The number of sulfonamides is 1. The molecule has 2 aromatic rings. The van der Waals surface area contributed by atoms with Gasteiger partial charge in [-0.05, 0) is 29.6 Å². The Bertz CT molecular complexity index is 987. The van der Waals surface area contributed by atoms with Crippen LogP contribution in [0.2, 0.25) is 10.0 Å². The molecule has 2 fully saturated rings. The molecule has 3 heterocycles. The first-order valence-corrected chi connectivity index (χ1v) is 11.9. The standard InChI is InChI=1S/C18H18Cl2N2O4S2/c19-13-3-4-14(15(20)12-13)17(23)21-7-5-18(6-8-21)22(9-10-26-18)28(24,25)16-2-1-11-27-16/h1-4,11-12H,5-10H2. The number of rotatable bonds is 3. The molecular formula is C18H18Cl2N2O4S2. The van der Waals surface area contributed by atoms with Crippen LogP contribution in [0.15, 0.2) is 39.9 Å². The van der Waals surface area contributed by atoms with Crippen molar-refractivity contribution in [3.05, 3.63) is 51.3 Å². The third-order valence-corrected chi connectivity index (χ3v) is 9.02. The lowest BCUT2D eigenvalue weighted by Gasteiger charge is -2.42. The first-order chi connectivity index (χ1) is 13.3. The largest absolute Gasteiger partial charge is 0.358 e. The number of thiophene rings is 1. The summed E-state index contributed by atoms with van der Waals surface area (Å²) < 4.78 is 33.7. The Kier molecular flexibility index (Phi) is 5.45. The van der Waals surface area contributed by atoms with E-state index in [0.717, 1.165) is 0 Å². The molecule has 1 aromatic carbocycles. The number of nitrogens with zero attached hydrogens (tertiary/aromatic N) is 2. The summed E-state index contributed by atoms with van der Waals surface area (Å²) in [7, 11) is -3.62. The Labute approximate surface area is 177 Å². The van der Waals surface area contributed by atoms with Crippen LogP contribution in [0.5, 0.6) is 0 Å². The lowest BCUT2D eigenvalue weighted by Crippen LogP contribution is -2.55. The summed E-state index contributed by atoms with van der Waals surface area (Å²) in [5.41, 5.74) is -0.513. The van der Waals surface area contributed by atoms with Gasteiger partial charge in [0.15, 0.2) is 0 Å². The number of carbonyl (C=O) groups excluding carboxylic acids is 1. The van der Waals surface area contributed by atoms with Gasteiger partial charge in [0, 0.05) is 37.5 Å². The predicted octanol–water partition coefficient (Wildman–Crippen LogP) is 3.71. The minimum absolute atomic E-state index is 0.192. The summed E-state index contributed by atoms with van der Waals surface area (Å²) in [5.74, 6) is -0.192. The quantitative estimate of drug-likeness (QED) is 0.699.